The highest BCUT2D eigenvalue weighted by Crippen LogP contribution is 2.40. The van der Waals surface area contributed by atoms with Crippen molar-refractivity contribution in [2.45, 2.75) is 26.3 Å². The van der Waals surface area contributed by atoms with Gasteiger partial charge in [0.2, 0.25) is 0 Å². The number of benzene rings is 1. The van der Waals surface area contributed by atoms with Crippen LogP contribution in [0.1, 0.15) is 31.9 Å². The van der Waals surface area contributed by atoms with Crippen molar-refractivity contribution in [1.82, 2.24) is 5.32 Å². The molecule has 1 aliphatic rings. The van der Waals surface area contributed by atoms with Gasteiger partial charge in [-0.25, -0.2) is 0 Å². The molecule has 1 nitrogen and oxygen atoms in total. The van der Waals surface area contributed by atoms with Crippen molar-refractivity contribution < 1.29 is 0 Å². The zero-order valence-corrected chi connectivity index (χ0v) is 10.3. The molecule has 0 bridgehead atoms. The molecule has 2 heteroatoms. The van der Waals surface area contributed by atoms with Gasteiger partial charge >= 0.3 is 0 Å². The van der Waals surface area contributed by atoms with Crippen molar-refractivity contribution in [3.63, 3.8) is 0 Å². The van der Waals surface area contributed by atoms with E-state index in [2.05, 4.69) is 59.4 Å². The molecule has 0 saturated carbocycles. The predicted octanol–water partition coefficient (Wildman–Crippen LogP) is 3.51. The minimum atomic E-state index is 0.383. The summed E-state index contributed by atoms with van der Waals surface area (Å²) in [5.74, 6) is 0. The van der Waals surface area contributed by atoms with Crippen LogP contribution in [-0.4, -0.2) is 6.54 Å². The van der Waals surface area contributed by atoms with Gasteiger partial charge in [0.1, 0.15) is 0 Å². The molecule has 1 N–H and O–H groups in total. The number of hydrogen-bond acceptors (Lipinski definition) is 1. The lowest BCUT2D eigenvalue weighted by Crippen LogP contribution is -2.23. The van der Waals surface area contributed by atoms with Crippen molar-refractivity contribution in [2.75, 3.05) is 6.54 Å². The van der Waals surface area contributed by atoms with E-state index in [-0.39, 0.29) is 0 Å². The highest BCUT2D eigenvalue weighted by Gasteiger charge is 2.34. The molecule has 1 aromatic carbocycles. The van der Waals surface area contributed by atoms with Crippen LogP contribution < -0.4 is 5.32 Å². The van der Waals surface area contributed by atoms with Gasteiger partial charge in [-0.15, -0.1) is 0 Å². The zero-order valence-electron chi connectivity index (χ0n) is 8.68. The van der Waals surface area contributed by atoms with Gasteiger partial charge in [-0.3, -0.25) is 0 Å². The van der Waals surface area contributed by atoms with E-state index in [9.17, 15) is 0 Å². The van der Waals surface area contributed by atoms with Crippen molar-refractivity contribution >= 4 is 15.9 Å². The average molecular weight is 254 g/mol. The molecule has 1 aromatic rings. The second-order valence-corrected chi connectivity index (χ2v) is 5.59. The van der Waals surface area contributed by atoms with Crippen molar-refractivity contribution in [1.29, 1.82) is 0 Å². The van der Waals surface area contributed by atoms with Gasteiger partial charge < -0.3 is 5.32 Å². The standard InChI is InChI=1S/C12H16BrN/c1-12(2)7-8-14-11(12)9-3-5-10(13)6-4-9/h3-6,11,14H,7-8H2,1-2H3. The van der Waals surface area contributed by atoms with E-state index in [0.29, 0.717) is 11.5 Å². The molecule has 1 heterocycles. The lowest BCUT2D eigenvalue weighted by molar-refractivity contribution is 0.320. The summed E-state index contributed by atoms with van der Waals surface area (Å²) < 4.78 is 1.15. The van der Waals surface area contributed by atoms with Crippen molar-refractivity contribution in [3.05, 3.63) is 34.3 Å². The SMILES string of the molecule is CC1(C)CCNC1c1ccc(Br)cc1. The molecule has 2 rings (SSSR count). The molecule has 14 heavy (non-hydrogen) atoms. The topological polar surface area (TPSA) is 12.0 Å². The molecule has 1 aliphatic heterocycles. The van der Waals surface area contributed by atoms with E-state index in [1.807, 2.05) is 0 Å². The second kappa shape index (κ2) is 3.67. The van der Waals surface area contributed by atoms with Gasteiger partial charge in [0.05, 0.1) is 0 Å². The van der Waals surface area contributed by atoms with Gasteiger partial charge in [-0.05, 0) is 36.1 Å². The number of nitrogens with one attached hydrogen (secondary N) is 1. The Morgan fingerprint density at radius 1 is 1.29 bits per heavy atom. The van der Waals surface area contributed by atoms with Gasteiger partial charge in [0, 0.05) is 10.5 Å². The maximum Gasteiger partial charge on any atom is 0.0372 e. The van der Waals surface area contributed by atoms with E-state index in [1.165, 1.54) is 12.0 Å². The summed E-state index contributed by atoms with van der Waals surface area (Å²) in [6.07, 6.45) is 1.26. The van der Waals surface area contributed by atoms with Crippen molar-refractivity contribution in [2.24, 2.45) is 5.41 Å². The Morgan fingerprint density at radius 3 is 2.43 bits per heavy atom. The van der Waals surface area contributed by atoms with Crippen LogP contribution in [0.3, 0.4) is 0 Å². The number of rotatable bonds is 1. The Bertz CT molecular complexity index is 316. The van der Waals surface area contributed by atoms with Crippen molar-refractivity contribution in [3.8, 4) is 0 Å². The van der Waals surface area contributed by atoms with E-state index in [1.54, 1.807) is 0 Å². The molecular formula is C12H16BrN. The Labute approximate surface area is 94.0 Å². The third-order valence-electron chi connectivity index (χ3n) is 3.10. The fourth-order valence-corrected chi connectivity index (χ4v) is 2.45. The predicted molar refractivity (Wildman–Crippen MR) is 63.3 cm³/mol. The number of halogens is 1. The van der Waals surface area contributed by atoms with E-state index >= 15 is 0 Å². The second-order valence-electron chi connectivity index (χ2n) is 4.68. The Kier molecular flexibility index (Phi) is 2.67. The fraction of sp³-hybridized carbons (Fsp3) is 0.500. The molecule has 1 fully saturated rings. The van der Waals surface area contributed by atoms with Crippen LogP contribution in [-0.2, 0) is 0 Å². The highest BCUT2D eigenvalue weighted by atomic mass is 79.9. The van der Waals surface area contributed by atoms with Crippen LogP contribution >= 0.6 is 15.9 Å². The summed E-state index contributed by atoms with van der Waals surface area (Å²) >= 11 is 3.46. The molecule has 0 aliphatic carbocycles. The molecular weight excluding hydrogens is 238 g/mol. The van der Waals surface area contributed by atoms with Gasteiger partial charge in [-0.2, -0.15) is 0 Å². The number of hydrogen-bond donors (Lipinski definition) is 1. The van der Waals surface area contributed by atoms with E-state index < -0.39 is 0 Å². The van der Waals surface area contributed by atoms with Crippen LogP contribution in [0.5, 0.6) is 0 Å². The molecule has 1 saturated heterocycles. The Hall–Kier alpha value is -0.340. The molecule has 0 amide bonds. The Morgan fingerprint density at radius 2 is 1.93 bits per heavy atom. The largest absolute Gasteiger partial charge is 0.309 e. The Balaban J connectivity index is 2.27. The first kappa shape index (κ1) is 10.2. The van der Waals surface area contributed by atoms with Crippen LogP contribution in [0.15, 0.2) is 28.7 Å². The monoisotopic (exact) mass is 253 g/mol. The van der Waals surface area contributed by atoms with Crippen LogP contribution in [0.25, 0.3) is 0 Å². The van der Waals surface area contributed by atoms with Gasteiger partial charge in [-0.1, -0.05) is 41.9 Å². The third kappa shape index (κ3) is 1.86. The normalized spacial score (nSPS) is 25.2. The van der Waals surface area contributed by atoms with Gasteiger partial charge in [0.15, 0.2) is 0 Å². The summed E-state index contributed by atoms with van der Waals surface area (Å²) in [4.78, 5) is 0. The summed E-state index contributed by atoms with van der Waals surface area (Å²) in [6.45, 7) is 5.80. The minimum Gasteiger partial charge on any atom is -0.309 e. The highest BCUT2D eigenvalue weighted by molar-refractivity contribution is 9.10. The summed E-state index contributed by atoms with van der Waals surface area (Å²) in [5, 5.41) is 3.57. The first-order chi connectivity index (χ1) is 6.59. The van der Waals surface area contributed by atoms with Crippen LogP contribution in [0, 0.1) is 5.41 Å². The van der Waals surface area contributed by atoms with E-state index in [0.717, 1.165) is 11.0 Å². The zero-order chi connectivity index (χ0) is 10.2. The van der Waals surface area contributed by atoms with Gasteiger partial charge in [0.25, 0.3) is 0 Å². The quantitative estimate of drug-likeness (QED) is 0.808. The first-order valence-electron chi connectivity index (χ1n) is 5.08. The lowest BCUT2D eigenvalue weighted by atomic mass is 9.81. The smallest absolute Gasteiger partial charge is 0.0372 e. The minimum absolute atomic E-state index is 0.383. The fourth-order valence-electron chi connectivity index (χ4n) is 2.18. The lowest BCUT2D eigenvalue weighted by Gasteiger charge is -2.26. The third-order valence-corrected chi connectivity index (χ3v) is 3.63. The summed E-state index contributed by atoms with van der Waals surface area (Å²) in [5.41, 5.74) is 1.78. The molecule has 1 unspecified atom stereocenters. The molecule has 0 spiro atoms. The summed E-state index contributed by atoms with van der Waals surface area (Å²) in [7, 11) is 0. The maximum atomic E-state index is 3.57. The molecule has 0 aromatic heterocycles. The molecule has 76 valence electrons. The van der Waals surface area contributed by atoms with Crippen LogP contribution in [0.2, 0.25) is 0 Å². The average Bonchev–Trinajstić information content (AvgIpc) is 2.47. The summed E-state index contributed by atoms with van der Waals surface area (Å²) in [6, 6.07) is 9.15. The van der Waals surface area contributed by atoms with Crippen LogP contribution in [0.4, 0.5) is 0 Å². The first-order valence-corrected chi connectivity index (χ1v) is 5.88. The van der Waals surface area contributed by atoms with E-state index in [4.69, 9.17) is 0 Å². The molecule has 0 radical (unpaired) electrons. The molecule has 1 atom stereocenters. The maximum absolute atomic E-state index is 3.57.